The van der Waals surface area contributed by atoms with Crippen molar-refractivity contribution in [1.82, 2.24) is 10.2 Å². The maximum Gasteiger partial charge on any atom is 0.194 e. The fourth-order valence-corrected chi connectivity index (χ4v) is 2.57. The van der Waals surface area contributed by atoms with E-state index in [9.17, 15) is 5.11 Å². The highest BCUT2D eigenvalue weighted by molar-refractivity contribution is 5.80. The number of rotatable bonds is 4. The van der Waals surface area contributed by atoms with Crippen molar-refractivity contribution in [2.24, 2.45) is 4.99 Å². The number of aliphatic imine (C=N–C) groups is 1. The number of aliphatic hydroxyl groups excluding tert-OH is 1. The molecule has 1 aromatic carbocycles. The number of β-amino-alcohol motifs (C(OH)–C–C–N with tert-alkyl or cyclic N) is 1. The van der Waals surface area contributed by atoms with Crippen molar-refractivity contribution in [2.75, 3.05) is 26.7 Å². The molecule has 0 amide bonds. The lowest BCUT2D eigenvalue weighted by atomic mass is 10.1. The van der Waals surface area contributed by atoms with Gasteiger partial charge in [-0.1, -0.05) is 12.1 Å². The van der Waals surface area contributed by atoms with Crippen LogP contribution in [-0.4, -0.2) is 48.8 Å². The number of ether oxygens (including phenoxy) is 1. The minimum absolute atomic E-state index is 0.239. The normalized spacial score (nSPS) is 19.0. The maximum absolute atomic E-state index is 9.66. The molecule has 2 rings (SSSR count). The number of hydrogen-bond donors (Lipinski definition) is 2. The minimum Gasteiger partial charge on any atom is -0.496 e. The third kappa shape index (κ3) is 4.11. The van der Waals surface area contributed by atoms with E-state index < -0.39 is 0 Å². The predicted octanol–water partition coefficient (Wildman–Crippen LogP) is 1.54. The van der Waals surface area contributed by atoms with Gasteiger partial charge in [0.15, 0.2) is 5.96 Å². The molecule has 1 aliphatic heterocycles. The number of hydrogen-bond acceptors (Lipinski definition) is 3. The van der Waals surface area contributed by atoms with Crippen LogP contribution < -0.4 is 10.1 Å². The van der Waals surface area contributed by atoms with E-state index in [2.05, 4.69) is 28.2 Å². The van der Waals surface area contributed by atoms with E-state index in [-0.39, 0.29) is 6.10 Å². The second-order valence-electron chi connectivity index (χ2n) is 5.36. The van der Waals surface area contributed by atoms with Crippen LogP contribution in [0.15, 0.2) is 23.2 Å². The molecule has 5 nitrogen and oxygen atoms in total. The fourth-order valence-electron chi connectivity index (χ4n) is 2.57. The molecule has 0 unspecified atom stereocenters. The number of aryl methyl sites for hydroxylation is 1. The molecule has 0 saturated carbocycles. The van der Waals surface area contributed by atoms with Gasteiger partial charge in [-0.15, -0.1) is 0 Å². The van der Waals surface area contributed by atoms with Crippen LogP contribution in [0.3, 0.4) is 0 Å². The highest BCUT2D eigenvalue weighted by Crippen LogP contribution is 2.19. The smallest absolute Gasteiger partial charge is 0.194 e. The molecule has 2 N–H and O–H groups in total. The van der Waals surface area contributed by atoms with Gasteiger partial charge in [-0.05, 0) is 37.5 Å². The standard InChI is InChI=1S/C16H25N3O2/c1-4-17-16(19-8-7-14(20)11-19)18-10-13-5-6-15(21-3)12(2)9-13/h5-6,9,14,20H,4,7-8,10-11H2,1-3H3,(H,17,18)/t14-/m1/s1. The maximum atomic E-state index is 9.66. The van der Waals surface area contributed by atoms with Gasteiger partial charge in [0.05, 0.1) is 19.8 Å². The van der Waals surface area contributed by atoms with E-state index in [0.29, 0.717) is 13.1 Å². The molecule has 116 valence electrons. The second-order valence-corrected chi connectivity index (χ2v) is 5.36. The van der Waals surface area contributed by atoms with Crippen molar-refractivity contribution in [3.05, 3.63) is 29.3 Å². The molecule has 21 heavy (non-hydrogen) atoms. The highest BCUT2D eigenvalue weighted by Gasteiger charge is 2.22. The quantitative estimate of drug-likeness (QED) is 0.652. The third-order valence-corrected chi connectivity index (χ3v) is 3.67. The number of methoxy groups -OCH3 is 1. The van der Waals surface area contributed by atoms with E-state index in [0.717, 1.165) is 42.3 Å². The molecular weight excluding hydrogens is 266 g/mol. The molecule has 1 atom stereocenters. The van der Waals surface area contributed by atoms with Gasteiger partial charge in [0, 0.05) is 19.6 Å². The highest BCUT2D eigenvalue weighted by atomic mass is 16.5. The van der Waals surface area contributed by atoms with Crippen LogP contribution in [0.1, 0.15) is 24.5 Å². The first kappa shape index (κ1) is 15.6. The Balaban J connectivity index is 2.06. The molecule has 1 fully saturated rings. The summed E-state index contributed by atoms with van der Waals surface area (Å²) >= 11 is 0. The monoisotopic (exact) mass is 291 g/mol. The predicted molar refractivity (Wildman–Crippen MR) is 84.7 cm³/mol. The van der Waals surface area contributed by atoms with Crippen molar-refractivity contribution in [1.29, 1.82) is 0 Å². The van der Waals surface area contributed by atoms with Crippen LogP contribution in [0.2, 0.25) is 0 Å². The van der Waals surface area contributed by atoms with Crippen LogP contribution in [0.4, 0.5) is 0 Å². The second kappa shape index (κ2) is 7.31. The molecule has 0 aromatic heterocycles. The van der Waals surface area contributed by atoms with Gasteiger partial charge in [0.1, 0.15) is 5.75 Å². The van der Waals surface area contributed by atoms with E-state index in [1.807, 2.05) is 19.1 Å². The van der Waals surface area contributed by atoms with Gasteiger partial charge in [-0.3, -0.25) is 0 Å². The zero-order valence-corrected chi connectivity index (χ0v) is 13.1. The van der Waals surface area contributed by atoms with E-state index >= 15 is 0 Å². The summed E-state index contributed by atoms with van der Waals surface area (Å²) in [5.41, 5.74) is 2.27. The summed E-state index contributed by atoms with van der Waals surface area (Å²) in [6.45, 7) is 7.06. The molecule has 0 radical (unpaired) electrons. The van der Waals surface area contributed by atoms with Gasteiger partial charge >= 0.3 is 0 Å². The van der Waals surface area contributed by atoms with E-state index in [1.54, 1.807) is 7.11 Å². The SMILES string of the molecule is CCNC(=NCc1ccc(OC)c(C)c1)N1CC[C@@H](O)C1. The van der Waals surface area contributed by atoms with Crippen molar-refractivity contribution < 1.29 is 9.84 Å². The molecule has 0 aliphatic carbocycles. The molecule has 1 heterocycles. The molecule has 1 aliphatic rings. The third-order valence-electron chi connectivity index (χ3n) is 3.67. The Labute approximate surface area is 126 Å². The van der Waals surface area contributed by atoms with Gasteiger partial charge in [0.2, 0.25) is 0 Å². The summed E-state index contributed by atoms with van der Waals surface area (Å²) in [6, 6.07) is 6.12. The Hall–Kier alpha value is -1.75. The number of nitrogens with zero attached hydrogens (tertiary/aromatic N) is 2. The van der Waals surface area contributed by atoms with Crippen LogP contribution in [0.5, 0.6) is 5.75 Å². The summed E-state index contributed by atoms with van der Waals surface area (Å²) in [6.07, 6.45) is 0.573. The lowest BCUT2D eigenvalue weighted by molar-refractivity contribution is 0.188. The Kier molecular flexibility index (Phi) is 5.44. The van der Waals surface area contributed by atoms with Crippen molar-refractivity contribution >= 4 is 5.96 Å². The Morgan fingerprint density at radius 3 is 2.90 bits per heavy atom. The van der Waals surface area contributed by atoms with Crippen molar-refractivity contribution in [3.63, 3.8) is 0 Å². The average Bonchev–Trinajstić information content (AvgIpc) is 2.90. The summed E-state index contributed by atoms with van der Waals surface area (Å²) in [5, 5.41) is 13.0. The molecule has 5 heteroatoms. The first-order chi connectivity index (χ1) is 10.1. The Morgan fingerprint density at radius 2 is 2.33 bits per heavy atom. The number of likely N-dealkylation sites (tertiary alicyclic amines) is 1. The number of guanidine groups is 1. The van der Waals surface area contributed by atoms with Gasteiger partial charge in [0.25, 0.3) is 0 Å². The number of aliphatic hydroxyl groups is 1. The van der Waals surface area contributed by atoms with Gasteiger partial charge < -0.3 is 20.1 Å². The van der Waals surface area contributed by atoms with Gasteiger partial charge in [-0.2, -0.15) is 0 Å². The van der Waals surface area contributed by atoms with Crippen LogP contribution in [0, 0.1) is 6.92 Å². The molecule has 1 aromatic rings. The van der Waals surface area contributed by atoms with Crippen LogP contribution >= 0.6 is 0 Å². The molecule has 1 saturated heterocycles. The zero-order valence-electron chi connectivity index (χ0n) is 13.1. The summed E-state index contributed by atoms with van der Waals surface area (Å²) in [5.74, 6) is 1.78. The number of benzene rings is 1. The van der Waals surface area contributed by atoms with E-state index in [4.69, 9.17) is 4.74 Å². The van der Waals surface area contributed by atoms with Crippen LogP contribution in [-0.2, 0) is 6.54 Å². The first-order valence-corrected chi connectivity index (χ1v) is 7.49. The number of nitrogens with one attached hydrogen (secondary N) is 1. The van der Waals surface area contributed by atoms with Crippen molar-refractivity contribution in [2.45, 2.75) is 32.9 Å². The van der Waals surface area contributed by atoms with Crippen LogP contribution in [0.25, 0.3) is 0 Å². The summed E-state index contributed by atoms with van der Waals surface area (Å²) < 4.78 is 5.27. The molecule has 0 bridgehead atoms. The van der Waals surface area contributed by atoms with E-state index in [1.165, 1.54) is 0 Å². The lowest BCUT2D eigenvalue weighted by Gasteiger charge is -2.21. The summed E-state index contributed by atoms with van der Waals surface area (Å²) in [4.78, 5) is 6.79. The largest absolute Gasteiger partial charge is 0.496 e. The zero-order chi connectivity index (χ0) is 15.2. The summed E-state index contributed by atoms with van der Waals surface area (Å²) in [7, 11) is 1.68. The first-order valence-electron chi connectivity index (χ1n) is 7.49. The van der Waals surface area contributed by atoms with Gasteiger partial charge in [-0.25, -0.2) is 4.99 Å². The molecular formula is C16H25N3O2. The Bertz CT molecular complexity index is 502. The topological polar surface area (TPSA) is 57.1 Å². The fraction of sp³-hybridized carbons (Fsp3) is 0.562. The minimum atomic E-state index is -0.239. The molecule has 0 spiro atoms. The lowest BCUT2D eigenvalue weighted by Crippen LogP contribution is -2.40. The Morgan fingerprint density at radius 1 is 1.52 bits per heavy atom. The van der Waals surface area contributed by atoms with Crippen molar-refractivity contribution in [3.8, 4) is 5.75 Å². The average molecular weight is 291 g/mol.